The van der Waals surface area contributed by atoms with E-state index in [4.69, 9.17) is 23.7 Å². The van der Waals surface area contributed by atoms with Gasteiger partial charge in [0.2, 0.25) is 0 Å². The second-order valence-corrected chi connectivity index (χ2v) is 13.2. The molecule has 54 heavy (non-hydrogen) atoms. The number of carbonyl (C=O) groups is 1. The summed E-state index contributed by atoms with van der Waals surface area (Å²) in [4.78, 5) is 12.4. The third kappa shape index (κ3) is 13.7. The number of aliphatic hydroxyl groups excluding tert-OH is 1. The van der Waals surface area contributed by atoms with Crippen molar-refractivity contribution in [3.05, 3.63) is 142 Å². The van der Waals surface area contributed by atoms with Gasteiger partial charge in [-0.1, -0.05) is 53.1 Å². The number of ether oxygens (including phenoxy) is 5. The smallest absolute Gasteiger partial charge is 0.338 e. The number of carbonyl (C=O) groups excluding carboxylic acids is 1. The fraction of sp³-hybridized carbons (Fsp3) is 0.311. The van der Waals surface area contributed by atoms with Gasteiger partial charge in [0.15, 0.2) is 0 Å². The van der Waals surface area contributed by atoms with Gasteiger partial charge in [-0.25, -0.2) is 13.6 Å². The maximum atomic E-state index is 14.6. The van der Waals surface area contributed by atoms with Gasteiger partial charge in [-0.3, -0.25) is 0 Å². The average molecular weight is 743 g/mol. The number of allylic oxidation sites excluding steroid dienone is 3. The summed E-state index contributed by atoms with van der Waals surface area (Å²) in [6.07, 6.45) is 5.78. The molecule has 0 bridgehead atoms. The monoisotopic (exact) mass is 742 g/mol. The van der Waals surface area contributed by atoms with Crippen molar-refractivity contribution in [3.63, 3.8) is 0 Å². The lowest BCUT2D eigenvalue weighted by molar-refractivity contribution is 0.0548. The van der Waals surface area contributed by atoms with Crippen molar-refractivity contribution in [2.75, 3.05) is 34.0 Å². The molecule has 9 heteroatoms. The van der Waals surface area contributed by atoms with Gasteiger partial charge >= 0.3 is 5.97 Å². The Labute approximate surface area is 318 Å². The molecule has 0 unspecified atom stereocenters. The van der Waals surface area contributed by atoms with Gasteiger partial charge in [0.05, 0.1) is 52.8 Å². The van der Waals surface area contributed by atoms with Gasteiger partial charge in [-0.15, -0.1) is 0 Å². The van der Waals surface area contributed by atoms with Crippen LogP contribution in [0.25, 0.3) is 22.3 Å². The van der Waals surface area contributed by atoms with E-state index in [2.05, 4.69) is 0 Å². The lowest BCUT2D eigenvalue weighted by Gasteiger charge is -2.14. The predicted octanol–water partition coefficient (Wildman–Crippen LogP) is 10.6. The van der Waals surface area contributed by atoms with Crippen LogP contribution in [0.2, 0.25) is 0 Å². The molecule has 4 aromatic rings. The molecule has 0 heterocycles. The molecule has 0 aliphatic rings. The highest BCUT2D eigenvalue weighted by Crippen LogP contribution is 2.32. The first kappa shape index (κ1) is 43.3. The number of rotatable bonds is 16. The molecule has 0 atom stereocenters. The Balaban J connectivity index is 0.000000297. The van der Waals surface area contributed by atoms with E-state index in [9.17, 15) is 18.7 Å². The van der Waals surface area contributed by atoms with E-state index in [1.165, 1.54) is 24.8 Å². The van der Waals surface area contributed by atoms with Crippen LogP contribution >= 0.6 is 0 Å². The summed E-state index contributed by atoms with van der Waals surface area (Å²) in [6, 6.07) is 19.7. The number of methoxy groups -OCH3 is 2. The highest BCUT2D eigenvalue weighted by molar-refractivity contribution is 5.91. The standard InChI is InChI=1S/C25H29FO4.C20H23FO3/c1-17(2)10-12-29-16-20-14-19(25(27)30-13-11-18(3)4)6-8-22(20)23-15-21(28-5)7-9-24(23)26;1-14(2)8-9-24-13-16-10-15(12-22)4-6-18(16)19-11-17(23-3)5-7-20(19)21/h6-11,14-15H,12-13,16H2,1-5H3;4-8,10-11,22H,9,12-13H2,1-3H3. The Morgan fingerprint density at radius 2 is 1.06 bits per heavy atom. The molecular formula is C45H52F2O7. The summed E-state index contributed by atoms with van der Waals surface area (Å²) < 4.78 is 56.0. The molecule has 7 nitrogen and oxygen atoms in total. The lowest BCUT2D eigenvalue weighted by atomic mass is 9.97. The molecule has 0 fully saturated rings. The molecule has 4 aromatic carbocycles. The van der Waals surface area contributed by atoms with E-state index in [1.807, 2.05) is 71.9 Å². The maximum absolute atomic E-state index is 14.6. The van der Waals surface area contributed by atoms with E-state index < -0.39 is 5.97 Å². The third-order valence-corrected chi connectivity index (χ3v) is 8.06. The molecule has 4 rings (SSSR count). The van der Waals surface area contributed by atoms with Gasteiger partial charge in [-0.2, -0.15) is 0 Å². The summed E-state index contributed by atoms with van der Waals surface area (Å²) in [5, 5.41) is 9.36. The van der Waals surface area contributed by atoms with Crippen molar-refractivity contribution < 1.29 is 42.4 Å². The SMILES string of the molecule is COc1ccc(F)c(-c2ccc(C(=O)OCC=C(C)C)cc2COCC=C(C)C)c1.COc1ccc(F)c(-c2ccc(CO)cc2COCC=C(C)C)c1. The quantitative estimate of drug-likeness (QED) is 0.0695. The van der Waals surface area contributed by atoms with Gasteiger partial charge in [0, 0.05) is 11.1 Å². The molecule has 0 aliphatic heterocycles. The number of hydrogen-bond acceptors (Lipinski definition) is 7. The fourth-order valence-corrected chi connectivity index (χ4v) is 5.06. The molecule has 0 saturated heterocycles. The largest absolute Gasteiger partial charge is 0.497 e. The van der Waals surface area contributed by atoms with Gasteiger partial charge in [0.25, 0.3) is 0 Å². The average Bonchev–Trinajstić information content (AvgIpc) is 3.15. The van der Waals surface area contributed by atoms with Crippen LogP contribution in [0.3, 0.4) is 0 Å². The zero-order chi connectivity index (χ0) is 39.6. The summed E-state index contributed by atoms with van der Waals surface area (Å²) >= 11 is 0. The van der Waals surface area contributed by atoms with E-state index >= 15 is 0 Å². The number of hydrogen-bond donors (Lipinski definition) is 1. The van der Waals surface area contributed by atoms with E-state index in [1.54, 1.807) is 55.6 Å². The molecule has 0 radical (unpaired) electrons. The van der Waals surface area contributed by atoms with Crippen LogP contribution in [0.4, 0.5) is 8.78 Å². The van der Waals surface area contributed by atoms with Crippen molar-refractivity contribution in [1.29, 1.82) is 0 Å². The van der Waals surface area contributed by atoms with E-state index in [0.29, 0.717) is 59.1 Å². The van der Waals surface area contributed by atoms with Crippen LogP contribution in [0.5, 0.6) is 11.5 Å². The molecule has 1 N–H and O–H groups in total. The Morgan fingerprint density at radius 1 is 0.593 bits per heavy atom. The molecule has 288 valence electrons. The van der Waals surface area contributed by atoms with Gasteiger partial charge in [0.1, 0.15) is 29.7 Å². The molecule has 0 aromatic heterocycles. The van der Waals surface area contributed by atoms with E-state index in [-0.39, 0.29) is 31.5 Å². The van der Waals surface area contributed by atoms with Crippen molar-refractivity contribution in [3.8, 4) is 33.8 Å². The normalized spacial score (nSPS) is 10.4. The fourth-order valence-electron chi connectivity index (χ4n) is 5.06. The van der Waals surface area contributed by atoms with Gasteiger partial charge in [-0.05, 0) is 124 Å². The number of benzene rings is 4. The molecular weight excluding hydrogens is 690 g/mol. The summed E-state index contributed by atoms with van der Waals surface area (Å²) in [5.41, 5.74) is 8.30. The zero-order valence-electron chi connectivity index (χ0n) is 32.6. The second-order valence-electron chi connectivity index (χ2n) is 13.2. The zero-order valence-corrected chi connectivity index (χ0v) is 32.6. The van der Waals surface area contributed by atoms with Crippen molar-refractivity contribution in [1.82, 2.24) is 0 Å². The molecule has 0 spiro atoms. The number of halogens is 2. The van der Waals surface area contributed by atoms with Crippen LogP contribution in [0.1, 0.15) is 68.6 Å². The highest BCUT2D eigenvalue weighted by Gasteiger charge is 2.16. The predicted molar refractivity (Wildman–Crippen MR) is 211 cm³/mol. The first-order valence-electron chi connectivity index (χ1n) is 17.6. The van der Waals surface area contributed by atoms with Crippen LogP contribution < -0.4 is 9.47 Å². The van der Waals surface area contributed by atoms with Gasteiger partial charge < -0.3 is 28.8 Å². The third-order valence-electron chi connectivity index (χ3n) is 8.06. The Kier molecular flexibility index (Phi) is 17.8. The minimum absolute atomic E-state index is 0.0676. The summed E-state index contributed by atoms with van der Waals surface area (Å²) in [7, 11) is 3.08. The Hall–Kier alpha value is -5.09. The van der Waals surface area contributed by atoms with Crippen LogP contribution in [0.15, 0.2) is 108 Å². The summed E-state index contributed by atoms with van der Waals surface area (Å²) in [5.74, 6) is 0.0103. The first-order valence-corrected chi connectivity index (χ1v) is 17.6. The first-order chi connectivity index (χ1) is 25.9. The van der Waals surface area contributed by atoms with E-state index in [0.717, 1.165) is 27.8 Å². The number of aliphatic hydroxyl groups is 1. The highest BCUT2D eigenvalue weighted by atomic mass is 19.1. The second kappa shape index (κ2) is 22.2. The Morgan fingerprint density at radius 3 is 1.52 bits per heavy atom. The van der Waals surface area contributed by atoms with Crippen LogP contribution in [-0.2, 0) is 34.0 Å². The van der Waals surface area contributed by atoms with Crippen molar-refractivity contribution in [2.24, 2.45) is 0 Å². The summed E-state index contributed by atoms with van der Waals surface area (Å²) in [6.45, 7) is 13.5. The Bertz CT molecular complexity index is 1930. The van der Waals surface area contributed by atoms with Crippen molar-refractivity contribution >= 4 is 5.97 Å². The lowest BCUT2D eigenvalue weighted by Crippen LogP contribution is -2.07. The van der Waals surface area contributed by atoms with Crippen LogP contribution in [-0.4, -0.2) is 45.1 Å². The molecule has 0 saturated carbocycles. The number of esters is 1. The minimum Gasteiger partial charge on any atom is -0.497 e. The topological polar surface area (TPSA) is 83.5 Å². The van der Waals surface area contributed by atoms with Crippen LogP contribution in [0, 0.1) is 11.6 Å². The minimum atomic E-state index is -0.435. The molecule has 0 amide bonds. The maximum Gasteiger partial charge on any atom is 0.338 e. The molecule has 0 aliphatic carbocycles. The van der Waals surface area contributed by atoms with Crippen molar-refractivity contribution in [2.45, 2.75) is 61.4 Å².